The van der Waals surface area contributed by atoms with E-state index in [0.29, 0.717) is 10.9 Å². The van der Waals surface area contributed by atoms with E-state index in [0.717, 1.165) is 16.0 Å². The van der Waals surface area contributed by atoms with E-state index in [1.807, 2.05) is 24.3 Å². The minimum atomic E-state index is -0.894. The predicted molar refractivity (Wildman–Crippen MR) is 109 cm³/mol. The van der Waals surface area contributed by atoms with Gasteiger partial charge in [0.25, 0.3) is 0 Å². The second kappa shape index (κ2) is 7.33. The van der Waals surface area contributed by atoms with Crippen molar-refractivity contribution in [2.75, 3.05) is 0 Å². The van der Waals surface area contributed by atoms with Gasteiger partial charge in [0.1, 0.15) is 17.1 Å². The first-order valence-corrected chi connectivity index (χ1v) is 9.88. The number of ether oxygens (including phenoxy) is 2. The van der Waals surface area contributed by atoms with E-state index >= 15 is 0 Å². The van der Waals surface area contributed by atoms with Gasteiger partial charge in [0.2, 0.25) is 10.6 Å². The predicted octanol–water partition coefficient (Wildman–Crippen LogP) is 4.05. The molecule has 2 aromatic carbocycles. The lowest BCUT2D eigenvalue weighted by atomic mass is 9.83. The molecule has 0 saturated heterocycles. The molecule has 29 heavy (non-hydrogen) atoms. The molecule has 0 amide bonds. The summed E-state index contributed by atoms with van der Waals surface area (Å²) in [4.78, 5) is 25.9. The number of nitrogens with two attached hydrogens (primary N) is 1. The molecular weight excluding hydrogens is 393 g/mol. The fraction of sp³-hybridized carbons (Fsp3) is 0.182. The monoisotopic (exact) mass is 411 g/mol. The topological polar surface area (TPSA) is 78.6 Å². The van der Waals surface area contributed by atoms with Crippen molar-refractivity contribution >= 4 is 27.4 Å². The van der Waals surface area contributed by atoms with Crippen molar-refractivity contribution in [2.45, 2.75) is 25.9 Å². The molecule has 0 radical (unpaired) electrons. The standard InChI is InChI=1S/C22H18FNO4S/c1-11(2)27-21(25)18-16(12-6-5-7-13(23)10-12)17-19(28-20(18)24)14-8-3-4-9-15(14)29-22(17)26/h3-11,16H,24H2,1-2H3/t16-/m1/s1. The van der Waals surface area contributed by atoms with Gasteiger partial charge in [0.15, 0.2) is 0 Å². The first kappa shape index (κ1) is 19.1. The van der Waals surface area contributed by atoms with Crippen molar-refractivity contribution in [2.24, 2.45) is 5.73 Å². The van der Waals surface area contributed by atoms with Crippen LogP contribution in [0.1, 0.15) is 30.9 Å². The van der Waals surface area contributed by atoms with Crippen molar-refractivity contribution in [1.29, 1.82) is 0 Å². The number of hydrogen-bond donors (Lipinski definition) is 1. The van der Waals surface area contributed by atoms with Gasteiger partial charge in [0, 0.05) is 10.1 Å². The lowest BCUT2D eigenvalue weighted by molar-refractivity contribution is -0.143. The Morgan fingerprint density at radius 2 is 1.97 bits per heavy atom. The molecule has 0 saturated carbocycles. The third kappa shape index (κ3) is 3.38. The first-order chi connectivity index (χ1) is 13.9. The highest BCUT2D eigenvalue weighted by Crippen LogP contribution is 2.45. The molecule has 5 nitrogen and oxygen atoms in total. The van der Waals surface area contributed by atoms with Gasteiger partial charge in [-0.15, -0.1) is 0 Å². The van der Waals surface area contributed by atoms with Crippen LogP contribution in [0.5, 0.6) is 5.75 Å². The second-order valence-electron chi connectivity index (χ2n) is 6.95. The molecule has 2 N–H and O–H groups in total. The first-order valence-electron chi connectivity index (χ1n) is 9.06. The highest BCUT2D eigenvalue weighted by Gasteiger charge is 2.38. The van der Waals surface area contributed by atoms with Crippen LogP contribution in [0.25, 0.3) is 10.1 Å². The number of hydrogen-bond acceptors (Lipinski definition) is 6. The Hall–Kier alpha value is -3.19. The Bertz CT molecular complexity index is 1210. The molecule has 0 fully saturated rings. The summed E-state index contributed by atoms with van der Waals surface area (Å²) in [5.74, 6) is -1.94. The summed E-state index contributed by atoms with van der Waals surface area (Å²) in [7, 11) is 0. The number of fused-ring (bicyclic) bond motifs is 3. The van der Waals surface area contributed by atoms with Crippen LogP contribution in [0.3, 0.4) is 0 Å². The third-order valence-electron chi connectivity index (χ3n) is 4.60. The molecule has 0 aliphatic carbocycles. The Kier molecular flexibility index (Phi) is 4.84. The quantitative estimate of drug-likeness (QED) is 0.658. The lowest BCUT2D eigenvalue weighted by Crippen LogP contribution is -2.31. The maximum absolute atomic E-state index is 14.0. The number of carbonyl (C=O) groups excluding carboxylic acids is 1. The Balaban J connectivity index is 2.03. The number of benzene rings is 2. The zero-order chi connectivity index (χ0) is 20.7. The van der Waals surface area contributed by atoms with Gasteiger partial charge in [-0.2, -0.15) is 0 Å². The van der Waals surface area contributed by atoms with Crippen molar-refractivity contribution in [3.05, 3.63) is 86.5 Å². The average Bonchev–Trinajstić information content (AvgIpc) is 2.66. The molecule has 148 valence electrons. The Morgan fingerprint density at radius 1 is 1.21 bits per heavy atom. The van der Waals surface area contributed by atoms with Crippen LogP contribution >= 0.6 is 11.3 Å². The van der Waals surface area contributed by atoms with E-state index in [2.05, 4.69) is 0 Å². The van der Waals surface area contributed by atoms with Crippen LogP contribution in [0.4, 0.5) is 4.39 Å². The third-order valence-corrected chi connectivity index (χ3v) is 5.58. The lowest BCUT2D eigenvalue weighted by Gasteiger charge is -2.28. The summed E-state index contributed by atoms with van der Waals surface area (Å²) >= 11 is 1.04. The largest absolute Gasteiger partial charge is 0.459 e. The Morgan fingerprint density at radius 3 is 2.69 bits per heavy atom. The smallest absolute Gasteiger partial charge is 0.340 e. The average molecular weight is 411 g/mol. The van der Waals surface area contributed by atoms with Crippen molar-refractivity contribution in [3.63, 3.8) is 0 Å². The maximum atomic E-state index is 14.0. The summed E-state index contributed by atoms with van der Waals surface area (Å²) in [5, 5.41) is 0.702. The van der Waals surface area contributed by atoms with Crippen molar-refractivity contribution in [3.8, 4) is 5.75 Å². The van der Waals surface area contributed by atoms with Gasteiger partial charge >= 0.3 is 5.97 Å². The molecular formula is C22H18FNO4S. The molecule has 1 atom stereocenters. The Labute approximate surface area is 170 Å². The van der Waals surface area contributed by atoms with Crippen LogP contribution in [-0.4, -0.2) is 12.1 Å². The van der Waals surface area contributed by atoms with E-state index in [4.69, 9.17) is 15.2 Å². The van der Waals surface area contributed by atoms with Gasteiger partial charge in [-0.05, 0) is 43.7 Å². The summed E-state index contributed by atoms with van der Waals surface area (Å²) in [6.45, 7) is 3.41. The number of carbonyl (C=O) groups is 1. The maximum Gasteiger partial charge on any atom is 0.340 e. The number of rotatable bonds is 3. The van der Waals surface area contributed by atoms with Crippen LogP contribution in [-0.2, 0) is 9.53 Å². The molecule has 1 aliphatic heterocycles. The number of esters is 1. The molecule has 0 spiro atoms. The zero-order valence-electron chi connectivity index (χ0n) is 15.8. The molecule has 3 aromatic rings. The van der Waals surface area contributed by atoms with E-state index in [-0.39, 0.29) is 27.5 Å². The fourth-order valence-electron chi connectivity index (χ4n) is 3.46. The molecule has 7 heteroatoms. The van der Waals surface area contributed by atoms with Crippen LogP contribution < -0.4 is 15.2 Å². The highest BCUT2D eigenvalue weighted by molar-refractivity contribution is 7.16. The van der Waals surface area contributed by atoms with E-state index in [1.165, 1.54) is 18.2 Å². The molecule has 2 heterocycles. The zero-order valence-corrected chi connectivity index (χ0v) is 16.6. The van der Waals surface area contributed by atoms with Gasteiger partial charge < -0.3 is 15.2 Å². The summed E-state index contributed by atoms with van der Waals surface area (Å²) < 4.78 is 25.6. The normalized spacial score (nSPS) is 15.9. The molecule has 0 bridgehead atoms. The minimum Gasteiger partial charge on any atom is -0.459 e. The van der Waals surface area contributed by atoms with E-state index < -0.39 is 23.8 Å². The summed E-state index contributed by atoms with van der Waals surface area (Å²) in [6, 6.07) is 13.0. The van der Waals surface area contributed by atoms with E-state index in [9.17, 15) is 14.0 Å². The van der Waals surface area contributed by atoms with Crippen LogP contribution in [0, 0.1) is 5.82 Å². The summed E-state index contributed by atoms with van der Waals surface area (Å²) in [6.07, 6.45) is -0.400. The molecule has 1 aliphatic rings. The van der Waals surface area contributed by atoms with Crippen molar-refractivity contribution in [1.82, 2.24) is 0 Å². The van der Waals surface area contributed by atoms with Gasteiger partial charge in [-0.3, -0.25) is 4.79 Å². The summed E-state index contributed by atoms with van der Waals surface area (Å²) in [5.41, 5.74) is 6.82. The number of halogens is 1. The highest BCUT2D eigenvalue weighted by atomic mass is 32.1. The van der Waals surface area contributed by atoms with Gasteiger partial charge in [0.05, 0.1) is 17.6 Å². The minimum absolute atomic E-state index is 0.00335. The van der Waals surface area contributed by atoms with Crippen LogP contribution in [0.15, 0.2) is 64.8 Å². The van der Waals surface area contributed by atoms with Crippen molar-refractivity contribution < 1.29 is 18.7 Å². The SMILES string of the molecule is CC(C)OC(=O)C1=C(N)Oc2c(c(=O)sc3ccccc23)[C@H]1c1cccc(F)c1. The molecule has 4 rings (SSSR count). The fourth-order valence-corrected chi connectivity index (χ4v) is 4.40. The van der Waals surface area contributed by atoms with E-state index in [1.54, 1.807) is 19.9 Å². The van der Waals surface area contributed by atoms with Crippen LogP contribution in [0.2, 0.25) is 0 Å². The van der Waals surface area contributed by atoms with Gasteiger partial charge in [-0.1, -0.05) is 35.6 Å². The molecule has 1 aromatic heterocycles. The van der Waals surface area contributed by atoms with Gasteiger partial charge in [-0.25, -0.2) is 9.18 Å². The second-order valence-corrected chi connectivity index (χ2v) is 7.97. The molecule has 0 unspecified atom stereocenters.